The number of benzene rings is 1. The Bertz CT molecular complexity index is 493. The lowest BCUT2D eigenvalue weighted by Gasteiger charge is -2.27. The lowest BCUT2D eigenvalue weighted by atomic mass is 9.84. The summed E-state index contributed by atoms with van der Waals surface area (Å²) in [6, 6.07) is 8.09. The van der Waals surface area contributed by atoms with Gasteiger partial charge in [-0.15, -0.1) is 0 Å². The summed E-state index contributed by atoms with van der Waals surface area (Å²) in [5, 5.41) is 3.35. The zero-order chi connectivity index (χ0) is 12.4. The van der Waals surface area contributed by atoms with Crippen LogP contribution in [0.15, 0.2) is 36.1 Å². The highest BCUT2D eigenvalue weighted by Gasteiger charge is 2.28. The minimum Gasteiger partial charge on any atom is -0.501 e. The molecule has 0 aromatic heterocycles. The molecule has 1 N–H and O–H groups in total. The van der Waals surface area contributed by atoms with Gasteiger partial charge in [-0.05, 0) is 30.9 Å². The number of fused-ring (bicyclic) bond motifs is 1. The summed E-state index contributed by atoms with van der Waals surface area (Å²) in [6.07, 6.45) is 4.33. The largest absolute Gasteiger partial charge is 0.501 e. The fourth-order valence-corrected chi connectivity index (χ4v) is 2.71. The van der Waals surface area contributed by atoms with Crippen LogP contribution in [0.5, 0.6) is 0 Å². The summed E-state index contributed by atoms with van der Waals surface area (Å²) in [6.45, 7) is 1.60. The summed E-state index contributed by atoms with van der Waals surface area (Å²) in [5.41, 5.74) is 3.07. The minimum atomic E-state index is -0.00426. The molecule has 0 saturated carbocycles. The molecule has 2 aliphatic rings. The second kappa shape index (κ2) is 4.84. The first kappa shape index (κ1) is 11.3. The van der Waals surface area contributed by atoms with Crippen LogP contribution in [-0.4, -0.2) is 18.9 Å². The molecule has 1 atom stereocenters. The molecule has 3 nitrogen and oxygen atoms in total. The number of hydrogen-bond acceptors (Lipinski definition) is 3. The average molecular weight is 243 g/mol. The van der Waals surface area contributed by atoms with Crippen molar-refractivity contribution in [1.82, 2.24) is 0 Å². The Morgan fingerprint density at radius 1 is 1.33 bits per heavy atom. The fraction of sp³-hybridized carbons (Fsp3) is 0.400. The minimum absolute atomic E-state index is 0.00426. The first-order valence-corrected chi connectivity index (χ1v) is 6.54. The highest BCUT2D eigenvalue weighted by atomic mass is 16.5. The predicted octanol–water partition coefficient (Wildman–Crippen LogP) is 2.85. The van der Waals surface area contributed by atoms with Crippen molar-refractivity contribution in [2.24, 2.45) is 0 Å². The molecule has 18 heavy (non-hydrogen) atoms. The van der Waals surface area contributed by atoms with Crippen LogP contribution in [0, 0.1) is 0 Å². The van der Waals surface area contributed by atoms with Gasteiger partial charge in [-0.2, -0.15) is 0 Å². The van der Waals surface area contributed by atoms with Gasteiger partial charge in [0.15, 0.2) is 5.78 Å². The first-order chi connectivity index (χ1) is 8.86. The molecular formula is C15H17NO2. The number of ketones is 1. The van der Waals surface area contributed by atoms with Crippen LogP contribution in [-0.2, 0) is 9.53 Å². The third kappa shape index (κ3) is 2.01. The van der Waals surface area contributed by atoms with Crippen LogP contribution < -0.4 is 5.32 Å². The zero-order valence-corrected chi connectivity index (χ0v) is 10.3. The van der Waals surface area contributed by atoms with Crippen molar-refractivity contribution in [2.75, 3.05) is 18.5 Å². The third-order valence-electron chi connectivity index (χ3n) is 3.65. The summed E-state index contributed by atoms with van der Waals surface area (Å²) < 4.78 is 5.28. The van der Waals surface area contributed by atoms with Crippen molar-refractivity contribution < 1.29 is 9.53 Å². The molecular weight excluding hydrogens is 226 g/mol. The second-order valence-electron chi connectivity index (χ2n) is 4.84. The van der Waals surface area contributed by atoms with E-state index >= 15 is 0 Å². The Labute approximate surface area is 107 Å². The number of para-hydroxylation sites is 1. The average Bonchev–Trinajstić information content (AvgIpc) is 2.47. The standard InChI is InChI=1S/C15H17NO2/c17-15(11-4-3-9-18-10-11)13-7-8-16-14-6-2-1-5-12(13)14/h1-2,5-6,10,13,16H,3-4,7-9H2. The molecule has 0 radical (unpaired) electrons. The number of carbonyl (C=O) groups excluding carboxylic acids is 1. The van der Waals surface area contributed by atoms with Crippen molar-refractivity contribution in [3.05, 3.63) is 41.7 Å². The number of hydrogen-bond donors (Lipinski definition) is 1. The van der Waals surface area contributed by atoms with E-state index in [0.29, 0.717) is 0 Å². The van der Waals surface area contributed by atoms with Crippen molar-refractivity contribution in [1.29, 1.82) is 0 Å². The van der Waals surface area contributed by atoms with E-state index in [9.17, 15) is 4.79 Å². The van der Waals surface area contributed by atoms with E-state index in [0.717, 1.165) is 49.2 Å². The number of ether oxygens (including phenoxy) is 1. The van der Waals surface area contributed by atoms with Crippen molar-refractivity contribution in [3.63, 3.8) is 0 Å². The Hall–Kier alpha value is -1.77. The summed E-state index contributed by atoms with van der Waals surface area (Å²) in [4.78, 5) is 12.5. The smallest absolute Gasteiger partial charge is 0.169 e. The van der Waals surface area contributed by atoms with E-state index in [1.54, 1.807) is 6.26 Å². The number of anilines is 1. The number of Topliss-reactive ketones (excluding diaryl/α,β-unsaturated/α-hetero) is 1. The van der Waals surface area contributed by atoms with Gasteiger partial charge < -0.3 is 10.1 Å². The van der Waals surface area contributed by atoms with Gasteiger partial charge in [0.05, 0.1) is 18.8 Å². The van der Waals surface area contributed by atoms with Crippen molar-refractivity contribution in [3.8, 4) is 0 Å². The quantitative estimate of drug-likeness (QED) is 0.868. The molecule has 1 aromatic rings. The SMILES string of the molecule is O=C(C1=COCCC1)C1CCNc2ccccc21. The lowest BCUT2D eigenvalue weighted by Crippen LogP contribution is -2.25. The van der Waals surface area contributed by atoms with E-state index in [-0.39, 0.29) is 11.7 Å². The molecule has 2 aliphatic heterocycles. The molecule has 3 heteroatoms. The molecule has 0 aliphatic carbocycles. The van der Waals surface area contributed by atoms with E-state index < -0.39 is 0 Å². The Kier molecular flexibility index (Phi) is 3.05. The van der Waals surface area contributed by atoms with E-state index in [1.807, 2.05) is 24.3 Å². The number of nitrogens with one attached hydrogen (secondary N) is 1. The highest BCUT2D eigenvalue weighted by molar-refractivity contribution is 6.01. The van der Waals surface area contributed by atoms with Gasteiger partial charge in [0.25, 0.3) is 0 Å². The predicted molar refractivity (Wildman–Crippen MR) is 70.6 cm³/mol. The van der Waals surface area contributed by atoms with Crippen molar-refractivity contribution >= 4 is 11.5 Å². The highest BCUT2D eigenvalue weighted by Crippen LogP contribution is 2.34. The molecule has 0 amide bonds. The van der Waals surface area contributed by atoms with Crippen LogP contribution in [0.4, 0.5) is 5.69 Å². The lowest BCUT2D eigenvalue weighted by molar-refractivity contribution is -0.117. The second-order valence-corrected chi connectivity index (χ2v) is 4.84. The third-order valence-corrected chi connectivity index (χ3v) is 3.65. The molecule has 0 spiro atoms. The maximum absolute atomic E-state index is 12.5. The van der Waals surface area contributed by atoms with Crippen LogP contribution >= 0.6 is 0 Å². The molecule has 2 heterocycles. The first-order valence-electron chi connectivity index (χ1n) is 6.54. The number of allylic oxidation sites excluding steroid dienone is 1. The van der Waals surface area contributed by atoms with Gasteiger partial charge in [0.1, 0.15) is 0 Å². The van der Waals surface area contributed by atoms with E-state index in [1.165, 1.54) is 0 Å². The molecule has 1 aromatic carbocycles. The Balaban J connectivity index is 1.89. The molecule has 3 rings (SSSR count). The van der Waals surface area contributed by atoms with Gasteiger partial charge >= 0.3 is 0 Å². The van der Waals surface area contributed by atoms with Crippen LogP contribution in [0.1, 0.15) is 30.7 Å². The molecule has 94 valence electrons. The van der Waals surface area contributed by atoms with Crippen LogP contribution in [0.3, 0.4) is 0 Å². The Morgan fingerprint density at radius 3 is 3.06 bits per heavy atom. The van der Waals surface area contributed by atoms with Gasteiger partial charge in [0, 0.05) is 17.8 Å². The topological polar surface area (TPSA) is 38.3 Å². The summed E-state index contributed by atoms with van der Waals surface area (Å²) in [7, 11) is 0. The van der Waals surface area contributed by atoms with Crippen LogP contribution in [0.2, 0.25) is 0 Å². The van der Waals surface area contributed by atoms with Gasteiger partial charge in [0.2, 0.25) is 0 Å². The monoisotopic (exact) mass is 243 g/mol. The summed E-state index contributed by atoms with van der Waals surface area (Å²) >= 11 is 0. The zero-order valence-electron chi connectivity index (χ0n) is 10.3. The Morgan fingerprint density at radius 2 is 2.22 bits per heavy atom. The fourth-order valence-electron chi connectivity index (χ4n) is 2.71. The molecule has 0 bridgehead atoms. The van der Waals surface area contributed by atoms with E-state index in [4.69, 9.17) is 4.74 Å². The summed E-state index contributed by atoms with van der Waals surface area (Å²) in [5.74, 6) is 0.235. The number of carbonyl (C=O) groups is 1. The normalized spacial score (nSPS) is 22.2. The maximum atomic E-state index is 12.5. The maximum Gasteiger partial charge on any atom is 0.169 e. The van der Waals surface area contributed by atoms with Gasteiger partial charge in [-0.1, -0.05) is 18.2 Å². The molecule has 0 fully saturated rings. The van der Waals surface area contributed by atoms with Crippen molar-refractivity contribution in [2.45, 2.75) is 25.2 Å². The van der Waals surface area contributed by atoms with Gasteiger partial charge in [-0.3, -0.25) is 4.79 Å². The molecule has 0 saturated heterocycles. The van der Waals surface area contributed by atoms with Crippen LogP contribution in [0.25, 0.3) is 0 Å². The number of rotatable bonds is 2. The molecule has 1 unspecified atom stereocenters. The van der Waals surface area contributed by atoms with Gasteiger partial charge in [-0.25, -0.2) is 0 Å². The van der Waals surface area contributed by atoms with E-state index in [2.05, 4.69) is 5.32 Å².